The Hall–Kier alpha value is -0.103. The number of carbonyl (C=O) groups excluding carboxylic acids is 1. The Morgan fingerprint density at radius 2 is 1.93 bits per heavy atom. The maximum atomic E-state index is 11.0. The Morgan fingerprint density at radius 3 is 2.33 bits per heavy atom. The summed E-state index contributed by atoms with van der Waals surface area (Å²) in [5.74, 6) is 0. The molecule has 0 spiro atoms. The zero-order chi connectivity index (χ0) is 11.9. The third-order valence-corrected chi connectivity index (χ3v) is 9.45. The van der Waals surface area contributed by atoms with Gasteiger partial charge in [0.15, 0.2) is 6.29 Å². The van der Waals surface area contributed by atoms with Crippen molar-refractivity contribution in [1.29, 1.82) is 0 Å². The third kappa shape index (κ3) is 2.20. The van der Waals surface area contributed by atoms with Crippen molar-refractivity contribution in [2.45, 2.75) is 38.9 Å². The average Bonchev–Trinajstić information content (AvgIpc) is 2.44. The fourth-order valence-corrected chi connectivity index (χ4v) is 3.94. The van der Waals surface area contributed by atoms with E-state index in [2.05, 4.69) is 56.5 Å². The summed E-state index contributed by atoms with van der Waals surface area (Å²) >= 11 is 2.15. The van der Waals surface area contributed by atoms with Gasteiger partial charge < -0.3 is 4.42 Å². The van der Waals surface area contributed by atoms with Crippen LogP contribution in [-0.4, -0.2) is 14.4 Å². The molecule has 0 fully saturated rings. The second-order valence-corrected chi connectivity index (χ2v) is 11.7. The lowest BCUT2D eigenvalue weighted by Crippen LogP contribution is -2.50. The SMILES string of the molecule is CC(C)(C)[Si](C)(C)c1occ(I)c1C=O. The number of hydrogen-bond acceptors (Lipinski definition) is 2. The van der Waals surface area contributed by atoms with Crippen molar-refractivity contribution >= 4 is 42.3 Å². The molecule has 0 unspecified atom stereocenters. The molecule has 0 saturated carbocycles. The Labute approximate surface area is 106 Å². The van der Waals surface area contributed by atoms with Crippen LogP contribution in [0.5, 0.6) is 0 Å². The predicted octanol–water partition coefficient (Wildman–Crippen LogP) is 3.41. The lowest BCUT2D eigenvalue weighted by atomic mass is 10.2. The van der Waals surface area contributed by atoms with Gasteiger partial charge in [-0.3, -0.25) is 4.79 Å². The molecule has 1 aromatic rings. The van der Waals surface area contributed by atoms with Gasteiger partial charge in [-0.25, -0.2) is 0 Å². The average molecular weight is 336 g/mol. The van der Waals surface area contributed by atoms with Gasteiger partial charge in [-0.2, -0.15) is 0 Å². The van der Waals surface area contributed by atoms with Gasteiger partial charge in [-0.1, -0.05) is 33.9 Å². The normalized spacial score (nSPS) is 12.9. The number of hydrogen-bond donors (Lipinski definition) is 0. The fraction of sp³-hybridized carbons (Fsp3) is 0.545. The molecule has 0 N–H and O–H groups in total. The van der Waals surface area contributed by atoms with Crippen molar-refractivity contribution in [3.63, 3.8) is 0 Å². The van der Waals surface area contributed by atoms with Crippen LogP contribution in [0.3, 0.4) is 0 Å². The predicted molar refractivity (Wildman–Crippen MR) is 73.6 cm³/mol. The fourth-order valence-electron chi connectivity index (χ4n) is 1.28. The first-order chi connectivity index (χ1) is 6.71. The van der Waals surface area contributed by atoms with Gasteiger partial charge in [0.05, 0.1) is 14.5 Å². The molecule has 0 aromatic carbocycles. The topological polar surface area (TPSA) is 30.2 Å². The third-order valence-electron chi connectivity index (χ3n) is 3.34. The summed E-state index contributed by atoms with van der Waals surface area (Å²) in [6.45, 7) is 11.1. The van der Waals surface area contributed by atoms with Crippen LogP contribution in [0, 0.1) is 3.57 Å². The Kier molecular flexibility index (Phi) is 3.50. The maximum absolute atomic E-state index is 11.0. The molecule has 0 amide bonds. The van der Waals surface area contributed by atoms with Gasteiger partial charge in [-0.15, -0.1) is 0 Å². The monoisotopic (exact) mass is 336 g/mol. The van der Waals surface area contributed by atoms with Crippen LogP contribution in [0.25, 0.3) is 0 Å². The Morgan fingerprint density at radius 1 is 1.40 bits per heavy atom. The minimum absolute atomic E-state index is 0.186. The lowest BCUT2D eigenvalue weighted by molar-refractivity contribution is 0.112. The Balaban J connectivity index is 3.33. The van der Waals surface area contributed by atoms with E-state index in [1.807, 2.05) is 0 Å². The quantitative estimate of drug-likeness (QED) is 0.471. The van der Waals surface area contributed by atoms with E-state index in [-0.39, 0.29) is 5.04 Å². The first-order valence-electron chi connectivity index (χ1n) is 4.94. The van der Waals surface area contributed by atoms with Crippen molar-refractivity contribution < 1.29 is 9.21 Å². The molecule has 0 radical (unpaired) electrons. The van der Waals surface area contributed by atoms with Gasteiger partial charge in [0.1, 0.15) is 14.3 Å². The number of carbonyl (C=O) groups is 1. The van der Waals surface area contributed by atoms with E-state index in [1.54, 1.807) is 6.26 Å². The zero-order valence-electron chi connectivity index (χ0n) is 9.85. The van der Waals surface area contributed by atoms with E-state index in [0.717, 1.165) is 20.8 Å². The van der Waals surface area contributed by atoms with Crippen molar-refractivity contribution in [2.24, 2.45) is 0 Å². The lowest BCUT2D eigenvalue weighted by Gasteiger charge is -2.35. The van der Waals surface area contributed by atoms with Crippen LogP contribution < -0.4 is 5.38 Å². The van der Waals surface area contributed by atoms with E-state index in [9.17, 15) is 4.79 Å². The minimum Gasteiger partial charge on any atom is -0.473 e. The highest BCUT2D eigenvalue weighted by molar-refractivity contribution is 14.1. The van der Waals surface area contributed by atoms with Gasteiger partial charge >= 0.3 is 0 Å². The smallest absolute Gasteiger partial charge is 0.154 e. The van der Waals surface area contributed by atoms with Gasteiger partial charge in [0, 0.05) is 0 Å². The second-order valence-electron chi connectivity index (χ2n) is 5.32. The van der Waals surface area contributed by atoms with Crippen LogP contribution in [0.4, 0.5) is 0 Å². The molecular weight excluding hydrogens is 319 g/mol. The van der Waals surface area contributed by atoms with Crippen LogP contribution in [-0.2, 0) is 0 Å². The van der Waals surface area contributed by atoms with Crippen LogP contribution in [0.1, 0.15) is 31.1 Å². The summed E-state index contributed by atoms with van der Waals surface area (Å²) in [7, 11) is -1.73. The summed E-state index contributed by atoms with van der Waals surface area (Å²) in [6, 6.07) is 0. The van der Waals surface area contributed by atoms with Gasteiger partial charge in [0.25, 0.3) is 0 Å². The van der Waals surface area contributed by atoms with Gasteiger partial charge in [0.2, 0.25) is 0 Å². The van der Waals surface area contributed by atoms with E-state index in [1.165, 1.54) is 0 Å². The molecule has 0 bridgehead atoms. The van der Waals surface area contributed by atoms with Crippen molar-refractivity contribution in [3.05, 3.63) is 15.4 Å². The molecule has 2 nitrogen and oxygen atoms in total. The number of aldehydes is 1. The molecule has 0 atom stereocenters. The second kappa shape index (κ2) is 4.05. The Bertz CT molecular complexity index is 374. The summed E-state index contributed by atoms with van der Waals surface area (Å²) in [5, 5.41) is 1.11. The summed E-state index contributed by atoms with van der Waals surface area (Å²) in [4.78, 5) is 11.0. The number of furan rings is 1. The molecule has 1 rings (SSSR count). The number of halogens is 1. The van der Waals surface area contributed by atoms with Gasteiger partial charge in [-0.05, 0) is 27.6 Å². The molecule has 0 aliphatic heterocycles. The van der Waals surface area contributed by atoms with Crippen LogP contribution in [0.15, 0.2) is 10.7 Å². The summed E-state index contributed by atoms with van der Waals surface area (Å²) in [6.07, 6.45) is 2.60. The van der Waals surface area contributed by atoms with Crippen LogP contribution in [0.2, 0.25) is 18.1 Å². The highest BCUT2D eigenvalue weighted by atomic mass is 127. The van der Waals surface area contributed by atoms with E-state index in [4.69, 9.17) is 4.42 Å². The molecule has 0 aliphatic rings. The minimum atomic E-state index is -1.73. The number of rotatable bonds is 2. The molecule has 15 heavy (non-hydrogen) atoms. The molecule has 84 valence electrons. The van der Waals surface area contributed by atoms with Crippen molar-refractivity contribution in [2.75, 3.05) is 0 Å². The molecule has 0 aliphatic carbocycles. The van der Waals surface area contributed by atoms with E-state index in [0.29, 0.717) is 0 Å². The highest BCUT2D eigenvalue weighted by Gasteiger charge is 2.41. The first kappa shape index (κ1) is 13.0. The van der Waals surface area contributed by atoms with E-state index >= 15 is 0 Å². The standard InChI is InChI=1S/C11H17IO2Si/c1-11(2,3)15(4,5)10-8(6-13)9(12)7-14-10/h6-7H,1-5H3. The van der Waals surface area contributed by atoms with E-state index < -0.39 is 8.07 Å². The highest BCUT2D eigenvalue weighted by Crippen LogP contribution is 2.36. The summed E-state index contributed by atoms with van der Waals surface area (Å²) < 4.78 is 6.52. The van der Waals surface area contributed by atoms with Crippen molar-refractivity contribution in [1.82, 2.24) is 0 Å². The maximum Gasteiger partial charge on any atom is 0.154 e. The largest absolute Gasteiger partial charge is 0.473 e. The molecule has 0 saturated heterocycles. The molecule has 4 heteroatoms. The molecule has 1 heterocycles. The molecule has 1 aromatic heterocycles. The van der Waals surface area contributed by atoms with Crippen molar-refractivity contribution in [3.8, 4) is 0 Å². The molecular formula is C11H17IO2Si. The van der Waals surface area contributed by atoms with Crippen LogP contribution >= 0.6 is 22.6 Å². The summed E-state index contributed by atoms with van der Waals surface area (Å²) in [5.41, 5.74) is 0.752. The zero-order valence-corrected chi connectivity index (χ0v) is 13.0. The first-order valence-corrected chi connectivity index (χ1v) is 9.02.